The van der Waals surface area contributed by atoms with Crippen LogP contribution >= 0.6 is 0 Å². The topological polar surface area (TPSA) is 105 Å². The summed E-state index contributed by atoms with van der Waals surface area (Å²) in [5, 5.41) is 9.90. The van der Waals surface area contributed by atoms with Gasteiger partial charge in [-0.2, -0.15) is 10.2 Å². The van der Waals surface area contributed by atoms with Gasteiger partial charge in [-0.15, -0.1) is 0 Å². The predicted molar refractivity (Wildman–Crippen MR) is 45.8 cm³/mol. The summed E-state index contributed by atoms with van der Waals surface area (Å²) in [5.74, 6) is 0.860. The Morgan fingerprint density at radius 2 is 2.38 bits per heavy atom. The van der Waals surface area contributed by atoms with Gasteiger partial charge in [-0.1, -0.05) is 0 Å². The van der Waals surface area contributed by atoms with E-state index < -0.39 is 0 Å². The molecule has 0 spiro atoms. The summed E-state index contributed by atoms with van der Waals surface area (Å²) in [6.07, 6.45) is 1.54. The van der Waals surface area contributed by atoms with Crippen molar-refractivity contribution in [3.8, 4) is 11.4 Å². The number of nitrogens with one attached hydrogen (secondary N) is 2. The first-order valence-corrected chi connectivity index (χ1v) is 3.61. The third-order valence-electron chi connectivity index (χ3n) is 1.74. The van der Waals surface area contributed by atoms with E-state index in [0.717, 1.165) is 0 Å². The summed E-state index contributed by atoms with van der Waals surface area (Å²) >= 11 is 0. The highest BCUT2D eigenvalue weighted by molar-refractivity contribution is 5.67. The molecule has 0 unspecified atom stereocenters. The van der Waals surface area contributed by atoms with E-state index in [1.807, 2.05) is 0 Å². The summed E-state index contributed by atoms with van der Waals surface area (Å²) in [4.78, 5) is 13.2. The third-order valence-corrected chi connectivity index (χ3v) is 1.74. The molecule has 0 saturated heterocycles. The van der Waals surface area contributed by atoms with Crippen LogP contribution in [0.15, 0.2) is 11.0 Å². The normalized spacial score (nSPS) is 10.5. The van der Waals surface area contributed by atoms with Gasteiger partial charge >= 0.3 is 5.69 Å². The van der Waals surface area contributed by atoms with Gasteiger partial charge in [0.2, 0.25) is 0 Å². The van der Waals surface area contributed by atoms with Gasteiger partial charge in [-0.25, -0.2) is 9.89 Å². The molecule has 2 rings (SSSR count). The second-order valence-electron chi connectivity index (χ2n) is 2.59. The highest BCUT2D eigenvalue weighted by atomic mass is 16.1. The van der Waals surface area contributed by atoms with Crippen LogP contribution in [0.1, 0.15) is 0 Å². The van der Waals surface area contributed by atoms with E-state index in [0.29, 0.717) is 17.2 Å². The molecule has 2 aromatic rings. The maximum absolute atomic E-state index is 10.7. The Balaban J connectivity index is 2.58. The number of nitrogen functional groups attached to an aromatic ring is 1. The van der Waals surface area contributed by atoms with Gasteiger partial charge in [0.15, 0.2) is 5.82 Å². The Kier molecular flexibility index (Phi) is 1.44. The predicted octanol–water partition coefficient (Wildman–Crippen LogP) is -0.919. The molecule has 7 heteroatoms. The van der Waals surface area contributed by atoms with Crippen molar-refractivity contribution in [1.29, 1.82) is 0 Å². The molecule has 4 N–H and O–H groups in total. The molecule has 0 aromatic carbocycles. The molecule has 0 saturated carbocycles. The Bertz CT molecular complexity index is 477. The molecule has 0 aliphatic rings. The zero-order chi connectivity index (χ0) is 9.42. The van der Waals surface area contributed by atoms with Gasteiger partial charge in [0.25, 0.3) is 0 Å². The van der Waals surface area contributed by atoms with E-state index >= 15 is 0 Å². The maximum atomic E-state index is 10.7. The zero-order valence-electron chi connectivity index (χ0n) is 6.90. The van der Waals surface area contributed by atoms with Crippen molar-refractivity contribution in [2.24, 2.45) is 7.05 Å². The second kappa shape index (κ2) is 2.47. The molecule has 13 heavy (non-hydrogen) atoms. The number of nitrogens with zero attached hydrogens (tertiary/aromatic N) is 3. The minimum Gasteiger partial charge on any atom is -0.383 e. The zero-order valence-corrected chi connectivity index (χ0v) is 6.90. The number of hydrogen-bond donors (Lipinski definition) is 3. The standard InChI is InChI=1S/C6H8N6O/c1-12-4(7)3(2-8-12)5-9-6(13)11-10-5/h2H,7H2,1H3,(H2,9,10,11,13). The number of hydrogen-bond acceptors (Lipinski definition) is 4. The fourth-order valence-electron chi connectivity index (χ4n) is 1.03. The molecule has 0 atom stereocenters. The summed E-state index contributed by atoms with van der Waals surface area (Å²) in [7, 11) is 1.71. The van der Waals surface area contributed by atoms with Crippen molar-refractivity contribution >= 4 is 5.82 Å². The lowest BCUT2D eigenvalue weighted by atomic mass is 10.3. The summed E-state index contributed by atoms with van der Waals surface area (Å²) in [6, 6.07) is 0. The van der Waals surface area contributed by atoms with Crippen LogP contribution in [-0.4, -0.2) is 25.0 Å². The van der Waals surface area contributed by atoms with Crippen molar-refractivity contribution in [1.82, 2.24) is 25.0 Å². The van der Waals surface area contributed by atoms with Gasteiger partial charge in [-0.05, 0) is 0 Å². The molecular weight excluding hydrogens is 172 g/mol. The molecule has 0 aliphatic heterocycles. The highest BCUT2D eigenvalue weighted by Crippen LogP contribution is 2.19. The maximum Gasteiger partial charge on any atom is 0.340 e. The lowest BCUT2D eigenvalue weighted by Gasteiger charge is -1.94. The van der Waals surface area contributed by atoms with E-state index in [4.69, 9.17) is 5.73 Å². The fraction of sp³-hybridized carbons (Fsp3) is 0.167. The fourth-order valence-corrected chi connectivity index (χ4v) is 1.03. The molecule has 0 fully saturated rings. The number of aromatic amines is 2. The number of H-pyrrole nitrogens is 2. The van der Waals surface area contributed by atoms with Gasteiger partial charge < -0.3 is 5.73 Å². The number of rotatable bonds is 1. The lowest BCUT2D eigenvalue weighted by molar-refractivity contribution is 0.779. The van der Waals surface area contributed by atoms with Crippen LogP contribution in [0.4, 0.5) is 5.82 Å². The van der Waals surface area contributed by atoms with E-state index in [1.54, 1.807) is 13.2 Å². The van der Waals surface area contributed by atoms with Gasteiger partial charge in [-0.3, -0.25) is 9.67 Å². The molecular formula is C6H8N6O. The number of aryl methyl sites for hydroxylation is 1. The largest absolute Gasteiger partial charge is 0.383 e. The van der Waals surface area contributed by atoms with Gasteiger partial charge in [0.1, 0.15) is 5.82 Å². The van der Waals surface area contributed by atoms with E-state index in [1.165, 1.54) is 4.68 Å². The van der Waals surface area contributed by atoms with Crippen LogP contribution in [0.5, 0.6) is 0 Å². The van der Waals surface area contributed by atoms with Crippen molar-refractivity contribution in [3.63, 3.8) is 0 Å². The van der Waals surface area contributed by atoms with Crippen LogP contribution in [0.3, 0.4) is 0 Å². The highest BCUT2D eigenvalue weighted by Gasteiger charge is 2.09. The molecule has 0 radical (unpaired) electrons. The second-order valence-corrected chi connectivity index (χ2v) is 2.59. The van der Waals surface area contributed by atoms with Crippen molar-refractivity contribution in [3.05, 3.63) is 16.7 Å². The molecule has 0 aliphatic carbocycles. The first-order chi connectivity index (χ1) is 6.18. The van der Waals surface area contributed by atoms with Crippen molar-refractivity contribution in [2.45, 2.75) is 0 Å². The molecule has 2 aromatic heterocycles. The van der Waals surface area contributed by atoms with E-state index in [9.17, 15) is 4.79 Å². The van der Waals surface area contributed by atoms with Crippen LogP contribution in [-0.2, 0) is 7.05 Å². The van der Waals surface area contributed by atoms with Crippen LogP contribution in [0.25, 0.3) is 11.4 Å². The van der Waals surface area contributed by atoms with Crippen molar-refractivity contribution in [2.75, 3.05) is 5.73 Å². The molecule has 68 valence electrons. The Morgan fingerprint density at radius 1 is 1.62 bits per heavy atom. The smallest absolute Gasteiger partial charge is 0.340 e. The molecule has 0 amide bonds. The summed E-state index contributed by atoms with van der Waals surface area (Å²) in [5.41, 5.74) is 5.92. The molecule has 7 nitrogen and oxygen atoms in total. The van der Waals surface area contributed by atoms with E-state index in [-0.39, 0.29) is 5.69 Å². The number of nitrogens with two attached hydrogens (primary N) is 1. The minimum absolute atomic E-state index is 0.363. The SMILES string of the molecule is Cn1ncc(-c2n[nH]c(=O)[nH]2)c1N. The van der Waals surface area contributed by atoms with Crippen LogP contribution < -0.4 is 11.4 Å². The van der Waals surface area contributed by atoms with Crippen molar-refractivity contribution < 1.29 is 0 Å². The first kappa shape index (κ1) is 7.59. The Labute approximate surface area is 72.6 Å². The number of aromatic nitrogens is 5. The average molecular weight is 180 g/mol. The van der Waals surface area contributed by atoms with Gasteiger partial charge in [0.05, 0.1) is 11.8 Å². The Hall–Kier alpha value is -2.05. The quantitative estimate of drug-likeness (QED) is 0.527. The molecule has 2 heterocycles. The first-order valence-electron chi connectivity index (χ1n) is 3.61. The van der Waals surface area contributed by atoms with Crippen LogP contribution in [0.2, 0.25) is 0 Å². The lowest BCUT2D eigenvalue weighted by Crippen LogP contribution is -2.01. The monoisotopic (exact) mass is 180 g/mol. The third kappa shape index (κ3) is 1.10. The number of anilines is 1. The van der Waals surface area contributed by atoms with Crippen LogP contribution in [0, 0.1) is 0 Å². The summed E-state index contributed by atoms with van der Waals surface area (Å²) in [6.45, 7) is 0. The minimum atomic E-state index is -0.363. The Morgan fingerprint density at radius 3 is 2.85 bits per heavy atom. The summed E-state index contributed by atoms with van der Waals surface area (Å²) < 4.78 is 1.50. The van der Waals surface area contributed by atoms with Gasteiger partial charge in [0, 0.05) is 7.05 Å². The van der Waals surface area contributed by atoms with E-state index in [2.05, 4.69) is 20.3 Å². The average Bonchev–Trinajstić information content (AvgIpc) is 2.62. The molecule has 0 bridgehead atoms.